The first kappa shape index (κ1) is 26.8. The molecule has 0 saturated carbocycles. The number of nitrogens with one attached hydrogen (secondary N) is 1. The molecular weight excluding hydrogens is 526 g/mol. The number of thioether (sulfide) groups is 1. The summed E-state index contributed by atoms with van der Waals surface area (Å²) >= 11 is 1.28. The van der Waals surface area contributed by atoms with Crippen molar-refractivity contribution in [3.05, 3.63) is 111 Å². The van der Waals surface area contributed by atoms with Crippen LogP contribution in [0.2, 0.25) is 0 Å². The quantitative estimate of drug-likeness (QED) is 0.124. The largest absolute Gasteiger partial charge is 0.416 e. The fraction of sp³-hybridized carbons (Fsp3) is 0.160. The van der Waals surface area contributed by atoms with Gasteiger partial charge in [0, 0.05) is 29.1 Å². The van der Waals surface area contributed by atoms with Gasteiger partial charge < -0.3 is 5.32 Å². The van der Waals surface area contributed by atoms with Crippen LogP contribution < -0.4 is 5.32 Å². The predicted octanol–water partition coefficient (Wildman–Crippen LogP) is 6.12. The third-order valence-electron chi connectivity index (χ3n) is 5.47. The molecule has 1 amide bonds. The summed E-state index contributed by atoms with van der Waals surface area (Å²) in [5.74, 6) is -0.282. The molecule has 13 heteroatoms. The number of rotatable bonds is 8. The van der Waals surface area contributed by atoms with Crippen LogP contribution in [0.1, 0.15) is 40.3 Å². The van der Waals surface area contributed by atoms with Crippen molar-refractivity contribution in [2.24, 2.45) is 0 Å². The Hall–Kier alpha value is -4.26. The molecule has 1 heterocycles. The molecule has 8 nitrogen and oxygen atoms in total. The molecule has 0 fully saturated rings. The van der Waals surface area contributed by atoms with Crippen molar-refractivity contribution in [2.45, 2.75) is 30.1 Å². The topological polar surface area (TPSA) is 103 Å². The van der Waals surface area contributed by atoms with Crippen LogP contribution in [-0.2, 0) is 11.9 Å². The molecule has 1 unspecified atom stereocenters. The minimum absolute atomic E-state index is 0.0251. The Balaban J connectivity index is 1.61. The molecule has 0 aliphatic carbocycles. The highest BCUT2D eigenvalue weighted by Crippen LogP contribution is 2.30. The van der Waals surface area contributed by atoms with Gasteiger partial charge in [-0.05, 0) is 61.0 Å². The second-order valence-electron chi connectivity index (χ2n) is 8.14. The van der Waals surface area contributed by atoms with Crippen LogP contribution in [0.15, 0.2) is 78.0 Å². The summed E-state index contributed by atoms with van der Waals surface area (Å²) in [5.41, 5.74) is 0.347. The van der Waals surface area contributed by atoms with Gasteiger partial charge in [-0.2, -0.15) is 13.2 Å². The highest BCUT2D eigenvalue weighted by Gasteiger charge is 2.30. The van der Waals surface area contributed by atoms with Gasteiger partial charge in [0.15, 0.2) is 11.0 Å². The second kappa shape index (κ2) is 11.0. The minimum Gasteiger partial charge on any atom is -0.342 e. The van der Waals surface area contributed by atoms with E-state index >= 15 is 0 Å². The van der Waals surface area contributed by atoms with Gasteiger partial charge in [0.2, 0.25) is 0 Å². The maximum absolute atomic E-state index is 13.3. The average molecular weight is 546 g/mol. The molecule has 0 aliphatic rings. The van der Waals surface area contributed by atoms with E-state index in [1.807, 2.05) is 0 Å². The lowest BCUT2D eigenvalue weighted by molar-refractivity contribution is -0.384. The molecule has 196 valence electrons. The third-order valence-corrected chi connectivity index (χ3v) is 6.47. The van der Waals surface area contributed by atoms with Crippen LogP contribution in [0.5, 0.6) is 0 Å². The van der Waals surface area contributed by atoms with Crippen LogP contribution in [0.25, 0.3) is 5.69 Å². The summed E-state index contributed by atoms with van der Waals surface area (Å²) in [4.78, 5) is 23.3. The minimum atomic E-state index is -4.52. The molecule has 1 aromatic heterocycles. The molecule has 0 spiro atoms. The number of halogens is 4. The predicted molar refractivity (Wildman–Crippen MR) is 131 cm³/mol. The van der Waals surface area contributed by atoms with Crippen LogP contribution in [-0.4, -0.2) is 25.6 Å². The number of benzene rings is 3. The van der Waals surface area contributed by atoms with E-state index in [0.717, 1.165) is 29.8 Å². The first-order valence-corrected chi connectivity index (χ1v) is 12.1. The summed E-state index contributed by atoms with van der Waals surface area (Å²) in [6.07, 6.45) is -4.52. The fourth-order valence-corrected chi connectivity index (χ4v) is 4.42. The van der Waals surface area contributed by atoms with Crippen molar-refractivity contribution in [3.8, 4) is 5.69 Å². The summed E-state index contributed by atoms with van der Waals surface area (Å²) in [7, 11) is 0. The number of carbonyl (C=O) groups is 1. The highest BCUT2D eigenvalue weighted by molar-refractivity contribution is 7.98. The Labute approximate surface area is 217 Å². The number of aromatic nitrogens is 3. The summed E-state index contributed by atoms with van der Waals surface area (Å²) in [6, 6.07) is 14.6. The normalized spacial score (nSPS) is 12.2. The Morgan fingerprint density at radius 2 is 1.66 bits per heavy atom. The standard InChI is InChI=1S/C25H19F4N5O3S/c1-15(30-23(35)17-4-6-18(7-5-17)25(27,28)29)22-31-32-24(38-14-16-2-8-19(26)9-3-16)33(22)20-10-12-21(13-11-20)34(36)37/h2-13,15H,14H2,1H3,(H,30,35). The van der Waals surface area contributed by atoms with Gasteiger partial charge in [-0.25, -0.2) is 4.39 Å². The third kappa shape index (κ3) is 6.17. The molecule has 1 atom stereocenters. The van der Waals surface area contributed by atoms with Gasteiger partial charge in [0.05, 0.1) is 16.5 Å². The number of nitro groups is 1. The van der Waals surface area contributed by atoms with E-state index in [0.29, 0.717) is 22.4 Å². The van der Waals surface area contributed by atoms with Gasteiger partial charge in [0.25, 0.3) is 11.6 Å². The van der Waals surface area contributed by atoms with Crippen molar-refractivity contribution >= 4 is 23.4 Å². The Morgan fingerprint density at radius 1 is 1.03 bits per heavy atom. The molecule has 0 aliphatic heterocycles. The van der Waals surface area contributed by atoms with Gasteiger partial charge >= 0.3 is 6.18 Å². The first-order chi connectivity index (χ1) is 18.0. The smallest absolute Gasteiger partial charge is 0.342 e. The zero-order valence-electron chi connectivity index (χ0n) is 19.6. The second-order valence-corrected chi connectivity index (χ2v) is 9.08. The van der Waals surface area contributed by atoms with Crippen molar-refractivity contribution < 1.29 is 27.3 Å². The Bertz CT molecular complexity index is 1440. The molecule has 4 rings (SSSR count). The zero-order chi connectivity index (χ0) is 27.4. The van der Waals surface area contributed by atoms with Crippen molar-refractivity contribution in [3.63, 3.8) is 0 Å². The molecular formula is C25H19F4N5O3S. The van der Waals surface area contributed by atoms with Crippen LogP contribution >= 0.6 is 11.8 Å². The molecule has 0 radical (unpaired) electrons. The molecule has 1 N–H and O–H groups in total. The van der Waals surface area contributed by atoms with Gasteiger partial charge in [-0.1, -0.05) is 23.9 Å². The van der Waals surface area contributed by atoms with Crippen LogP contribution in [0.4, 0.5) is 23.2 Å². The van der Waals surface area contributed by atoms with Gasteiger partial charge in [-0.3, -0.25) is 19.5 Å². The Morgan fingerprint density at radius 3 is 2.24 bits per heavy atom. The molecule has 0 bridgehead atoms. The number of non-ortho nitro benzene ring substituents is 1. The lowest BCUT2D eigenvalue weighted by Gasteiger charge is -2.16. The summed E-state index contributed by atoms with van der Waals surface area (Å²) in [5, 5.41) is 22.6. The van der Waals surface area contributed by atoms with E-state index in [9.17, 15) is 32.5 Å². The average Bonchev–Trinajstić information content (AvgIpc) is 3.32. The van der Waals surface area contributed by atoms with Crippen LogP contribution in [0.3, 0.4) is 0 Å². The maximum Gasteiger partial charge on any atom is 0.416 e. The van der Waals surface area contributed by atoms with Crippen LogP contribution in [0, 0.1) is 15.9 Å². The number of alkyl halides is 3. The van der Waals surface area contributed by atoms with E-state index in [2.05, 4.69) is 15.5 Å². The number of carbonyl (C=O) groups excluding carboxylic acids is 1. The SMILES string of the molecule is CC(NC(=O)c1ccc(C(F)(F)F)cc1)c1nnc(SCc2ccc(F)cc2)n1-c1ccc([N+](=O)[O-])cc1. The molecule has 4 aromatic rings. The van der Waals surface area contributed by atoms with Gasteiger partial charge in [0.1, 0.15) is 5.82 Å². The van der Waals surface area contributed by atoms with E-state index in [1.54, 1.807) is 23.6 Å². The van der Waals surface area contributed by atoms with E-state index in [4.69, 9.17) is 0 Å². The molecule has 38 heavy (non-hydrogen) atoms. The summed E-state index contributed by atoms with van der Waals surface area (Å²) in [6.45, 7) is 1.63. The highest BCUT2D eigenvalue weighted by atomic mass is 32.2. The van der Waals surface area contributed by atoms with Crippen molar-refractivity contribution in [1.82, 2.24) is 20.1 Å². The maximum atomic E-state index is 13.3. The monoisotopic (exact) mass is 545 g/mol. The number of nitro benzene ring substituents is 1. The lowest BCUT2D eigenvalue weighted by atomic mass is 10.1. The van der Waals surface area contributed by atoms with E-state index in [-0.39, 0.29) is 17.1 Å². The summed E-state index contributed by atoms with van der Waals surface area (Å²) < 4.78 is 53.4. The number of amides is 1. The zero-order valence-corrected chi connectivity index (χ0v) is 20.5. The number of hydrogen-bond acceptors (Lipinski definition) is 6. The van der Waals surface area contributed by atoms with Gasteiger partial charge in [-0.15, -0.1) is 10.2 Å². The molecule has 0 saturated heterocycles. The Kier molecular flexibility index (Phi) is 7.76. The van der Waals surface area contributed by atoms with E-state index < -0.39 is 28.6 Å². The van der Waals surface area contributed by atoms with Crippen molar-refractivity contribution in [1.29, 1.82) is 0 Å². The lowest BCUT2D eigenvalue weighted by Crippen LogP contribution is -2.28. The van der Waals surface area contributed by atoms with Crippen molar-refractivity contribution in [2.75, 3.05) is 0 Å². The first-order valence-electron chi connectivity index (χ1n) is 11.1. The fourth-order valence-electron chi connectivity index (χ4n) is 3.50. The molecule has 3 aromatic carbocycles. The number of nitrogens with zero attached hydrogens (tertiary/aromatic N) is 4. The number of hydrogen-bond donors (Lipinski definition) is 1. The van der Waals surface area contributed by atoms with E-state index in [1.165, 1.54) is 48.2 Å².